The predicted octanol–water partition coefficient (Wildman–Crippen LogP) is 4.61. The molecule has 4 nitrogen and oxygen atoms in total. The van der Waals surface area contributed by atoms with Crippen molar-refractivity contribution in [2.45, 2.75) is 0 Å². The van der Waals surface area contributed by atoms with Crippen LogP contribution in [0.2, 0.25) is 10.0 Å². The molecule has 0 aliphatic heterocycles. The quantitative estimate of drug-likeness (QED) is 0.717. The number of hydrogen-bond acceptors (Lipinski definition) is 3. The van der Waals surface area contributed by atoms with Gasteiger partial charge in [0.2, 0.25) is 5.91 Å². The van der Waals surface area contributed by atoms with Crippen LogP contribution in [-0.4, -0.2) is 19.1 Å². The van der Waals surface area contributed by atoms with E-state index in [1.54, 1.807) is 42.5 Å². The van der Waals surface area contributed by atoms with E-state index in [4.69, 9.17) is 27.9 Å². The fourth-order valence-electron chi connectivity index (χ4n) is 1.84. The molecule has 120 valence electrons. The average molecular weight is 351 g/mol. The van der Waals surface area contributed by atoms with Crippen molar-refractivity contribution in [3.8, 4) is 5.75 Å². The molecule has 2 N–H and O–H groups in total. The van der Waals surface area contributed by atoms with Crippen molar-refractivity contribution in [2.24, 2.45) is 0 Å². The van der Waals surface area contributed by atoms with Crippen molar-refractivity contribution < 1.29 is 9.53 Å². The van der Waals surface area contributed by atoms with Crippen LogP contribution in [-0.2, 0) is 4.79 Å². The zero-order valence-corrected chi connectivity index (χ0v) is 13.8. The predicted molar refractivity (Wildman–Crippen MR) is 95.7 cm³/mol. The third-order valence-corrected chi connectivity index (χ3v) is 3.70. The van der Waals surface area contributed by atoms with Gasteiger partial charge in [-0.2, -0.15) is 0 Å². The molecule has 0 aromatic heterocycles. The van der Waals surface area contributed by atoms with Crippen molar-refractivity contribution >= 4 is 40.5 Å². The monoisotopic (exact) mass is 350 g/mol. The first kappa shape index (κ1) is 17.2. The second-order valence-electron chi connectivity index (χ2n) is 4.63. The molecule has 0 radical (unpaired) electrons. The Hall–Kier alpha value is -2.17. The number of rotatable bonds is 7. The summed E-state index contributed by atoms with van der Waals surface area (Å²) in [7, 11) is 0. The number of ether oxygens (including phenoxy) is 1. The first-order valence-corrected chi connectivity index (χ1v) is 7.67. The maximum Gasteiger partial charge on any atom is 0.243 e. The lowest BCUT2D eigenvalue weighted by Crippen LogP contribution is -2.21. The van der Waals surface area contributed by atoms with Crippen molar-refractivity contribution in [1.29, 1.82) is 0 Å². The lowest BCUT2D eigenvalue weighted by Gasteiger charge is -2.11. The molecular formula is C17H16Cl2N2O2. The van der Waals surface area contributed by atoms with Crippen LogP contribution in [0.25, 0.3) is 0 Å². The van der Waals surface area contributed by atoms with E-state index in [0.29, 0.717) is 33.8 Å². The van der Waals surface area contributed by atoms with Crippen LogP contribution in [0.3, 0.4) is 0 Å². The summed E-state index contributed by atoms with van der Waals surface area (Å²) in [5.74, 6) is 0.454. The van der Waals surface area contributed by atoms with E-state index in [9.17, 15) is 4.79 Å². The van der Waals surface area contributed by atoms with Crippen LogP contribution in [0, 0.1) is 0 Å². The van der Waals surface area contributed by atoms with Gasteiger partial charge in [0.1, 0.15) is 12.4 Å². The molecule has 0 saturated heterocycles. The summed E-state index contributed by atoms with van der Waals surface area (Å²) >= 11 is 12.0. The van der Waals surface area contributed by atoms with Crippen LogP contribution >= 0.6 is 23.2 Å². The number of hydrogen-bond donors (Lipinski definition) is 2. The van der Waals surface area contributed by atoms with Gasteiger partial charge in [0, 0.05) is 11.8 Å². The molecule has 0 heterocycles. The van der Waals surface area contributed by atoms with Crippen molar-refractivity contribution in [3.63, 3.8) is 0 Å². The number of carbonyl (C=O) groups excluding carboxylic acids is 1. The number of benzene rings is 2. The lowest BCUT2D eigenvalue weighted by atomic mass is 10.3. The second-order valence-corrected chi connectivity index (χ2v) is 5.42. The summed E-state index contributed by atoms with van der Waals surface area (Å²) in [6, 6.07) is 12.3. The minimum Gasteiger partial charge on any atom is -0.489 e. The van der Waals surface area contributed by atoms with E-state index in [1.807, 2.05) is 6.07 Å². The van der Waals surface area contributed by atoms with Crippen molar-refractivity contribution in [3.05, 3.63) is 65.2 Å². The van der Waals surface area contributed by atoms with Crippen LogP contribution in [0.5, 0.6) is 5.75 Å². The van der Waals surface area contributed by atoms with E-state index in [-0.39, 0.29) is 12.5 Å². The zero-order chi connectivity index (χ0) is 16.7. The van der Waals surface area contributed by atoms with Crippen LogP contribution < -0.4 is 15.4 Å². The fraction of sp³-hybridized carbons (Fsp3) is 0.118. The Morgan fingerprint density at radius 3 is 2.78 bits per heavy atom. The lowest BCUT2D eigenvalue weighted by molar-refractivity contribution is -0.114. The SMILES string of the molecule is C=CCOc1cccc(NC(=O)CNc2cccc(Cl)c2Cl)c1. The van der Waals surface area contributed by atoms with E-state index >= 15 is 0 Å². The first-order chi connectivity index (χ1) is 11.1. The van der Waals surface area contributed by atoms with Crippen LogP contribution in [0.1, 0.15) is 0 Å². The minimum atomic E-state index is -0.207. The number of carbonyl (C=O) groups is 1. The second kappa shape index (κ2) is 8.46. The molecule has 0 spiro atoms. The molecule has 0 fully saturated rings. The number of anilines is 2. The van der Waals surface area contributed by atoms with E-state index in [0.717, 1.165) is 0 Å². The summed E-state index contributed by atoms with van der Waals surface area (Å²) in [5, 5.41) is 6.55. The van der Waals surface area contributed by atoms with E-state index < -0.39 is 0 Å². The largest absolute Gasteiger partial charge is 0.489 e. The molecule has 0 bridgehead atoms. The molecule has 2 rings (SSSR count). The van der Waals surface area contributed by atoms with Crippen LogP contribution in [0.4, 0.5) is 11.4 Å². The molecule has 2 aromatic rings. The average Bonchev–Trinajstić information content (AvgIpc) is 2.54. The Morgan fingerprint density at radius 2 is 2.00 bits per heavy atom. The number of amides is 1. The molecule has 0 unspecified atom stereocenters. The van der Waals surface area contributed by atoms with Gasteiger partial charge in [-0.15, -0.1) is 0 Å². The van der Waals surface area contributed by atoms with E-state index in [1.165, 1.54) is 0 Å². The molecule has 0 aliphatic rings. The van der Waals surface area contributed by atoms with Crippen molar-refractivity contribution in [1.82, 2.24) is 0 Å². The van der Waals surface area contributed by atoms with Gasteiger partial charge in [-0.3, -0.25) is 4.79 Å². The highest BCUT2D eigenvalue weighted by Crippen LogP contribution is 2.29. The molecule has 1 amide bonds. The van der Waals surface area contributed by atoms with Gasteiger partial charge < -0.3 is 15.4 Å². The maximum absolute atomic E-state index is 12.0. The van der Waals surface area contributed by atoms with Gasteiger partial charge >= 0.3 is 0 Å². The van der Waals surface area contributed by atoms with Gasteiger partial charge in [0.25, 0.3) is 0 Å². The Kier molecular flexibility index (Phi) is 6.32. The van der Waals surface area contributed by atoms with Crippen LogP contribution in [0.15, 0.2) is 55.1 Å². The molecule has 6 heteroatoms. The van der Waals surface area contributed by atoms with Gasteiger partial charge in [-0.1, -0.05) is 48.0 Å². The summed E-state index contributed by atoms with van der Waals surface area (Å²) in [6.45, 7) is 4.07. The Labute approximate surface area is 145 Å². The highest BCUT2D eigenvalue weighted by Gasteiger charge is 2.07. The van der Waals surface area contributed by atoms with Gasteiger partial charge in [-0.25, -0.2) is 0 Å². The molecular weight excluding hydrogens is 335 g/mol. The Morgan fingerprint density at radius 1 is 1.22 bits per heavy atom. The molecule has 0 saturated carbocycles. The summed E-state index contributed by atoms with van der Waals surface area (Å²) in [4.78, 5) is 12.0. The molecule has 23 heavy (non-hydrogen) atoms. The summed E-state index contributed by atoms with van der Waals surface area (Å²) in [5.41, 5.74) is 1.26. The van der Waals surface area contributed by atoms with Gasteiger partial charge in [-0.05, 0) is 24.3 Å². The molecule has 0 aliphatic carbocycles. The molecule has 2 aromatic carbocycles. The van der Waals surface area contributed by atoms with E-state index in [2.05, 4.69) is 17.2 Å². The van der Waals surface area contributed by atoms with Crippen molar-refractivity contribution in [2.75, 3.05) is 23.8 Å². The minimum absolute atomic E-state index is 0.0673. The number of nitrogens with one attached hydrogen (secondary N) is 2. The third kappa shape index (κ3) is 5.20. The standard InChI is InChI=1S/C17H16Cl2N2O2/c1-2-9-23-13-6-3-5-12(10-13)21-16(22)11-20-15-8-4-7-14(18)17(15)19/h2-8,10,20H,1,9,11H2,(H,21,22). The topological polar surface area (TPSA) is 50.4 Å². The smallest absolute Gasteiger partial charge is 0.243 e. The van der Waals surface area contributed by atoms with Gasteiger partial charge in [0.15, 0.2) is 0 Å². The Bertz CT molecular complexity index is 705. The highest BCUT2D eigenvalue weighted by atomic mass is 35.5. The highest BCUT2D eigenvalue weighted by molar-refractivity contribution is 6.43. The Balaban J connectivity index is 1.92. The molecule has 0 atom stereocenters. The zero-order valence-electron chi connectivity index (χ0n) is 12.3. The van der Waals surface area contributed by atoms with Gasteiger partial charge in [0.05, 0.1) is 22.3 Å². The first-order valence-electron chi connectivity index (χ1n) is 6.91. The normalized spacial score (nSPS) is 10.0. The summed E-state index contributed by atoms with van der Waals surface area (Å²) < 4.78 is 5.42. The third-order valence-electron chi connectivity index (χ3n) is 2.88. The fourth-order valence-corrected chi connectivity index (χ4v) is 2.21. The number of halogens is 2. The summed E-state index contributed by atoms with van der Waals surface area (Å²) in [6.07, 6.45) is 1.66. The maximum atomic E-state index is 12.0.